The van der Waals surface area contributed by atoms with Gasteiger partial charge in [0.2, 0.25) is 0 Å². The zero-order valence-electron chi connectivity index (χ0n) is 20.2. The summed E-state index contributed by atoms with van der Waals surface area (Å²) in [6, 6.07) is 36.1. The molecule has 172 valence electrons. The molecule has 0 amide bonds. The summed E-state index contributed by atoms with van der Waals surface area (Å²) in [5.74, 6) is 0. The summed E-state index contributed by atoms with van der Waals surface area (Å²) in [5.41, 5.74) is 10.6. The average Bonchev–Trinajstić information content (AvgIpc) is 2.84. The molecule has 34 heavy (non-hydrogen) atoms. The van der Waals surface area contributed by atoms with Gasteiger partial charge in [-0.25, -0.2) is 0 Å². The van der Waals surface area contributed by atoms with Crippen LogP contribution >= 0.6 is 0 Å². The van der Waals surface area contributed by atoms with Crippen LogP contribution < -0.4 is 0 Å². The molecule has 1 nitrogen and oxygen atoms in total. The summed E-state index contributed by atoms with van der Waals surface area (Å²) in [6.45, 7) is 3.03. The zero-order valence-corrected chi connectivity index (χ0v) is 20.2. The van der Waals surface area contributed by atoms with E-state index in [2.05, 4.69) is 104 Å². The Hall–Kier alpha value is -3.16. The van der Waals surface area contributed by atoms with Gasteiger partial charge in [0.1, 0.15) is 6.10 Å². The van der Waals surface area contributed by atoms with Crippen molar-refractivity contribution in [2.75, 3.05) is 6.61 Å². The summed E-state index contributed by atoms with van der Waals surface area (Å²) in [5, 5.41) is 0. The third-order valence-corrected chi connectivity index (χ3v) is 6.75. The summed E-state index contributed by atoms with van der Waals surface area (Å²) in [6.07, 6.45) is 6.31. The number of rotatable bonds is 5. The van der Waals surface area contributed by atoms with Gasteiger partial charge in [0.15, 0.2) is 0 Å². The maximum absolute atomic E-state index is 6.55. The molecule has 0 unspecified atom stereocenters. The van der Waals surface area contributed by atoms with E-state index in [4.69, 9.17) is 4.74 Å². The van der Waals surface area contributed by atoms with Gasteiger partial charge in [-0.3, -0.25) is 0 Å². The summed E-state index contributed by atoms with van der Waals surface area (Å²) >= 11 is 0. The van der Waals surface area contributed by atoms with Gasteiger partial charge in [0.05, 0.1) is 0 Å². The van der Waals surface area contributed by atoms with E-state index in [1.54, 1.807) is 0 Å². The maximum atomic E-state index is 6.55. The third kappa shape index (κ3) is 5.66. The minimum Gasteiger partial charge on any atom is -0.369 e. The average molecular weight is 447 g/mol. The molecule has 5 rings (SSSR count). The molecule has 8 bridgehead atoms. The lowest BCUT2D eigenvalue weighted by Crippen LogP contribution is -2.09. The van der Waals surface area contributed by atoms with Gasteiger partial charge in [0.25, 0.3) is 0 Å². The third-order valence-electron chi connectivity index (χ3n) is 6.75. The fourth-order valence-corrected chi connectivity index (χ4v) is 5.08. The van der Waals surface area contributed by atoms with Crippen LogP contribution in [-0.2, 0) is 24.0 Å². The number of unbranched alkanes of at least 4 members (excludes halogenated alkanes) is 2. The van der Waals surface area contributed by atoms with Crippen LogP contribution in [0.25, 0.3) is 0 Å². The Balaban J connectivity index is 1.57. The molecule has 0 radical (unpaired) electrons. The Morgan fingerprint density at radius 3 is 1.41 bits per heavy atom. The maximum Gasteiger partial charge on any atom is 0.108 e. The topological polar surface area (TPSA) is 9.23 Å². The molecule has 0 aromatic heterocycles. The summed E-state index contributed by atoms with van der Waals surface area (Å²) in [7, 11) is 0. The second-order valence-corrected chi connectivity index (χ2v) is 9.62. The molecular formula is C33H34O. The lowest BCUT2D eigenvalue weighted by Gasteiger charge is -2.21. The second-order valence-electron chi connectivity index (χ2n) is 9.62. The number of fused-ring (bicyclic) bond motifs is 8. The highest BCUT2D eigenvalue weighted by molar-refractivity contribution is 5.40. The standard InChI is InChI=1S/C33H34O/c1-2-3-4-17-34-33-31-15-7-13-29(23-31)21-27-11-5-9-25(19-27)18-26-10-6-12-28(20-26)22-30-14-8-16-32(33)24-30/h5-16,19-20,23-24,33H,2-4,17-18,21-22H2,1H3. The molecule has 1 aliphatic rings. The monoisotopic (exact) mass is 446 g/mol. The molecule has 0 atom stereocenters. The zero-order chi connectivity index (χ0) is 23.2. The number of hydrogen-bond acceptors (Lipinski definition) is 1. The molecule has 0 heterocycles. The normalized spacial score (nSPS) is 13.6. The Labute approximate surface area is 204 Å². The van der Waals surface area contributed by atoms with Crippen LogP contribution in [0.3, 0.4) is 0 Å². The lowest BCUT2D eigenvalue weighted by atomic mass is 9.93. The van der Waals surface area contributed by atoms with Crippen molar-refractivity contribution in [3.8, 4) is 0 Å². The highest BCUT2D eigenvalue weighted by Crippen LogP contribution is 2.29. The fraction of sp³-hybridized carbons (Fsp3) is 0.273. The van der Waals surface area contributed by atoms with Crippen molar-refractivity contribution in [2.45, 2.75) is 51.6 Å². The predicted molar refractivity (Wildman–Crippen MR) is 142 cm³/mol. The van der Waals surface area contributed by atoms with Gasteiger partial charge in [-0.2, -0.15) is 0 Å². The van der Waals surface area contributed by atoms with Crippen LogP contribution in [0.15, 0.2) is 97.1 Å². The molecule has 0 spiro atoms. The number of benzene rings is 4. The van der Waals surface area contributed by atoms with Crippen LogP contribution in [0.4, 0.5) is 0 Å². The van der Waals surface area contributed by atoms with Gasteiger partial charge in [-0.15, -0.1) is 0 Å². The second kappa shape index (κ2) is 10.8. The number of hydrogen-bond donors (Lipinski definition) is 0. The van der Waals surface area contributed by atoms with Gasteiger partial charge >= 0.3 is 0 Å². The lowest BCUT2D eigenvalue weighted by molar-refractivity contribution is 0.0770. The summed E-state index contributed by atoms with van der Waals surface area (Å²) in [4.78, 5) is 0. The first-order valence-electron chi connectivity index (χ1n) is 12.7. The van der Waals surface area contributed by atoms with E-state index < -0.39 is 0 Å². The molecule has 0 aliphatic heterocycles. The predicted octanol–water partition coefficient (Wildman–Crippen LogP) is 8.07. The Bertz CT molecular complexity index is 1150. The van der Waals surface area contributed by atoms with Gasteiger partial charge < -0.3 is 4.74 Å². The molecule has 0 saturated carbocycles. The molecule has 1 aliphatic carbocycles. The van der Waals surface area contributed by atoms with Crippen molar-refractivity contribution < 1.29 is 4.74 Å². The SMILES string of the molecule is CCCCCOC1c2cccc(c2)Cc2cccc(c2)Cc2cccc(c2)Cc2cccc1c2. The van der Waals surface area contributed by atoms with Gasteiger partial charge in [-0.05, 0) is 70.2 Å². The number of ether oxygens (including phenoxy) is 1. The highest BCUT2D eigenvalue weighted by atomic mass is 16.5. The van der Waals surface area contributed by atoms with Gasteiger partial charge in [0, 0.05) is 6.61 Å². The van der Waals surface area contributed by atoms with Crippen LogP contribution in [0.5, 0.6) is 0 Å². The fourth-order valence-electron chi connectivity index (χ4n) is 5.08. The van der Waals surface area contributed by atoms with Crippen LogP contribution in [-0.4, -0.2) is 6.61 Å². The van der Waals surface area contributed by atoms with Crippen molar-refractivity contribution in [2.24, 2.45) is 0 Å². The van der Waals surface area contributed by atoms with E-state index in [1.165, 1.54) is 57.3 Å². The van der Waals surface area contributed by atoms with Crippen LogP contribution in [0.1, 0.15) is 76.8 Å². The Morgan fingerprint density at radius 2 is 0.971 bits per heavy atom. The van der Waals surface area contributed by atoms with Crippen molar-refractivity contribution >= 4 is 0 Å². The molecule has 0 fully saturated rings. The first-order chi connectivity index (χ1) is 16.8. The van der Waals surface area contributed by atoms with E-state index in [0.717, 1.165) is 32.3 Å². The van der Waals surface area contributed by atoms with Crippen molar-refractivity contribution in [1.29, 1.82) is 0 Å². The smallest absolute Gasteiger partial charge is 0.108 e. The van der Waals surface area contributed by atoms with E-state index in [0.29, 0.717) is 0 Å². The van der Waals surface area contributed by atoms with Gasteiger partial charge in [-0.1, -0.05) is 117 Å². The largest absolute Gasteiger partial charge is 0.369 e. The Kier molecular flexibility index (Phi) is 7.22. The molecular weight excluding hydrogens is 412 g/mol. The first-order valence-corrected chi connectivity index (χ1v) is 12.7. The Morgan fingerprint density at radius 1 is 0.559 bits per heavy atom. The molecule has 1 heteroatoms. The quantitative estimate of drug-likeness (QED) is 0.282. The highest BCUT2D eigenvalue weighted by Gasteiger charge is 2.16. The molecule has 0 N–H and O–H groups in total. The summed E-state index contributed by atoms with van der Waals surface area (Å²) < 4.78 is 6.55. The molecule has 4 aromatic rings. The van der Waals surface area contributed by atoms with E-state index in [-0.39, 0.29) is 6.10 Å². The van der Waals surface area contributed by atoms with E-state index in [1.807, 2.05) is 0 Å². The van der Waals surface area contributed by atoms with E-state index >= 15 is 0 Å². The van der Waals surface area contributed by atoms with Crippen molar-refractivity contribution in [3.05, 3.63) is 142 Å². The molecule has 0 saturated heterocycles. The van der Waals surface area contributed by atoms with Crippen LogP contribution in [0, 0.1) is 0 Å². The van der Waals surface area contributed by atoms with Crippen LogP contribution in [0.2, 0.25) is 0 Å². The van der Waals surface area contributed by atoms with Crippen molar-refractivity contribution in [3.63, 3.8) is 0 Å². The molecule has 4 aromatic carbocycles. The van der Waals surface area contributed by atoms with Crippen molar-refractivity contribution in [1.82, 2.24) is 0 Å². The first kappa shape index (κ1) is 22.6. The minimum absolute atomic E-state index is 0.0395. The minimum atomic E-state index is -0.0395. The van der Waals surface area contributed by atoms with E-state index in [9.17, 15) is 0 Å².